The van der Waals surface area contributed by atoms with Crippen molar-refractivity contribution in [2.24, 2.45) is 0 Å². The average molecular weight is 298 g/mol. The lowest BCUT2D eigenvalue weighted by Crippen LogP contribution is -2.15. The van der Waals surface area contributed by atoms with Crippen LogP contribution in [0.4, 0.5) is 5.69 Å². The van der Waals surface area contributed by atoms with Crippen LogP contribution in [0.25, 0.3) is 5.69 Å². The van der Waals surface area contributed by atoms with Crippen LogP contribution in [0.1, 0.15) is 10.4 Å². The van der Waals surface area contributed by atoms with E-state index in [0.29, 0.717) is 22.0 Å². The number of amides is 1. The molecule has 0 fully saturated rings. The molecule has 4 nitrogen and oxygen atoms in total. The first-order valence-electron chi connectivity index (χ1n) is 6.40. The van der Waals surface area contributed by atoms with E-state index < -0.39 is 0 Å². The third kappa shape index (κ3) is 2.80. The molecule has 104 valence electrons. The summed E-state index contributed by atoms with van der Waals surface area (Å²) in [6, 6.07) is 16.2. The summed E-state index contributed by atoms with van der Waals surface area (Å²) in [7, 11) is 0. The fourth-order valence-electron chi connectivity index (χ4n) is 2.03. The normalized spacial score (nSPS) is 10.3. The van der Waals surface area contributed by atoms with Crippen LogP contribution >= 0.6 is 11.6 Å². The van der Waals surface area contributed by atoms with E-state index >= 15 is 0 Å². The van der Waals surface area contributed by atoms with E-state index in [9.17, 15) is 4.79 Å². The number of carbonyl (C=O) groups excluding carboxylic acids is 1. The zero-order valence-electron chi connectivity index (χ0n) is 11.0. The average Bonchev–Trinajstić information content (AvgIpc) is 3.04. The van der Waals surface area contributed by atoms with E-state index in [0.717, 1.165) is 0 Å². The third-order valence-electron chi connectivity index (χ3n) is 3.02. The van der Waals surface area contributed by atoms with E-state index in [1.807, 2.05) is 36.4 Å². The van der Waals surface area contributed by atoms with Gasteiger partial charge in [0.15, 0.2) is 0 Å². The van der Waals surface area contributed by atoms with Crippen molar-refractivity contribution >= 4 is 23.2 Å². The molecule has 0 aliphatic carbocycles. The molecule has 1 N–H and O–H groups in total. The highest BCUT2D eigenvalue weighted by Crippen LogP contribution is 2.22. The first kappa shape index (κ1) is 13.4. The van der Waals surface area contributed by atoms with Gasteiger partial charge in [0.2, 0.25) is 0 Å². The summed E-state index contributed by atoms with van der Waals surface area (Å²) in [6.07, 6.45) is 3.46. The molecule has 1 amide bonds. The smallest absolute Gasteiger partial charge is 0.257 e. The second-order valence-electron chi connectivity index (χ2n) is 4.40. The fraction of sp³-hybridized carbons (Fsp3) is 0. The minimum atomic E-state index is -0.228. The Morgan fingerprint density at radius 2 is 1.81 bits per heavy atom. The second kappa shape index (κ2) is 5.81. The largest absolute Gasteiger partial charge is 0.321 e. The minimum Gasteiger partial charge on any atom is -0.321 e. The van der Waals surface area contributed by atoms with Gasteiger partial charge in [0.1, 0.15) is 0 Å². The standard InChI is InChI=1S/C16H12ClN3O/c17-13-7-2-3-8-14(13)19-16(21)12-6-1-4-9-15(12)20-11-5-10-18-20/h1-11H,(H,19,21). The van der Waals surface area contributed by atoms with Gasteiger partial charge in [0.05, 0.1) is 22.0 Å². The first-order chi connectivity index (χ1) is 10.3. The molecular formula is C16H12ClN3O. The number of rotatable bonds is 3. The molecule has 0 aliphatic heterocycles. The SMILES string of the molecule is O=C(Nc1ccccc1Cl)c1ccccc1-n1cccn1. The summed E-state index contributed by atoms with van der Waals surface area (Å²) in [5.41, 5.74) is 1.83. The second-order valence-corrected chi connectivity index (χ2v) is 4.81. The zero-order valence-corrected chi connectivity index (χ0v) is 11.8. The molecule has 3 rings (SSSR count). The molecule has 2 aromatic carbocycles. The molecule has 0 bridgehead atoms. The van der Waals surface area contributed by atoms with E-state index in [1.165, 1.54) is 0 Å². The van der Waals surface area contributed by atoms with Crippen molar-refractivity contribution in [1.29, 1.82) is 0 Å². The molecule has 0 saturated carbocycles. The van der Waals surface area contributed by atoms with Crippen LogP contribution < -0.4 is 5.32 Å². The summed E-state index contributed by atoms with van der Waals surface area (Å²) in [4.78, 5) is 12.5. The summed E-state index contributed by atoms with van der Waals surface area (Å²) >= 11 is 6.06. The number of nitrogens with one attached hydrogen (secondary N) is 1. The first-order valence-corrected chi connectivity index (χ1v) is 6.78. The van der Waals surface area contributed by atoms with E-state index in [-0.39, 0.29) is 5.91 Å². The Labute approximate surface area is 127 Å². The number of hydrogen-bond acceptors (Lipinski definition) is 2. The summed E-state index contributed by atoms with van der Waals surface area (Å²) < 4.78 is 1.65. The van der Waals surface area contributed by atoms with Crippen LogP contribution in [0.2, 0.25) is 5.02 Å². The molecule has 5 heteroatoms. The van der Waals surface area contributed by atoms with Crippen molar-refractivity contribution in [2.75, 3.05) is 5.32 Å². The maximum absolute atomic E-state index is 12.5. The molecule has 0 unspecified atom stereocenters. The molecule has 0 radical (unpaired) electrons. The molecule has 1 heterocycles. The van der Waals surface area contributed by atoms with Crippen LogP contribution in [-0.2, 0) is 0 Å². The monoisotopic (exact) mass is 297 g/mol. The number of anilines is 1. The lowest BCUT2D eigenvalue weighted by Gasteiger charge is -2.11. The van der Waals surface area contributed by atoms with Gasteiger partial charge in [0, 0.05) is 12.4 Å². The van der Waals surface area contributed by atoms with Gasteiger partial charge in [0.25, 0.3) is 5.91 Å². The van der Waals surface area contributed by atoms with Crippen LogP contribution in [0.15, 0.2) is 67.0 Å². The summed E-state index contributed by atoms with van der Waals surface area (Å²) in [5, 5.41) is 7.48. The van der Waals surface area contributed by atoms with Crippen molar-refractivity contribution in [1.82, 2.24) is 9.78 Å². The number of carbonyl (C=O) groups is 1. The zero-order chi connectivity index (χ0) is 14.7. The number of benzene rings is 2. The van der Waals surface area contributed by atoms with E-state index in [4.69, 9.17) is 11.6 Å². The third-order valence-corrected chi connectivity index (χ3v) is 3.35. The fourth-order valence-corrected chi connectivity index (χ4v) is 2.21. The van der Waals surface area contributed by atoms with Crippen molar-refractivity contribution in [3.8, 4) is 5.69 Å². The van der Waals surface area contributed by atoms with Crippen molar-refractivity contribution in [2.45, 2.75) is 0 Å². The molecule has 0 atom stereocenters. The lowest BCUT2D eigenvalue weighted by atomic mass is 10.1. The van der Waals surface area contributed by atoms with Gasteiger partial charge < -0.3 is 5.32 Å². The summed E-state index contributed by atoms with van der Waals surface area (Å²) in [6.45, 7) is 0. The number of aromatic nitrogens is 2. The lowest BCUT2D eigenvalue weighted by molar-refractivity contribution is 0.102. The molecule has 21 heavy (non-hydrogen) atoms. The molecule has 0 spiro atoms. The van der Waals surface area contributed by atoms with Crippen LogP contribution in [0, 0.1) is 0 Å². The van der Waals surface area contributed by atoms with E-state index in [2.05, 4.69) is 10.4 Å². The summed E-state index contributed by atoms with van der Waals surface area (Å²) in [5.74, 6) is -0.228. The maximum atomic E-state index is 12.5. The highest BCUT2D eigenvalue weighted by Gasteiger charge is 2.13. The van der Waals surface area contributed by atoms with E-state index in [1.54, 1.807) is 35.3 Å². The van der Waals surface area contributed by atoms with Gasteiger partial charge in [-0.3, -0.25) is 4.79 Å². The van der Waals surface area contributed by atoms with Crippen molar-refractivity contribution in [3.05, 3.63) is 77.6 Å². The maximum Gasteiger partial charge on any atom is 0.257 e. The Hall–Kier alpha value is -2.59. The Morgan fingerprint density at radius 1 is 1.05 bits per heavy atom. The van der Waals surface area contributed by atoms with Crippen LogP contribution in [-0.4, -0.2) is 15.7 Å². The van der Waals surface area contributed by atoms with Gasteiger partial charge in [-0.05, 0) is 30.3 Å². The van der Waals surface area contributed by atoms with Gasteiger partial charge in [-0.2, -0.15) is 5.10 Å². The number of para-hydroxylation sites is 2. The van der Waals surface area contributed by atoms with Gasteiger partial charge in [-0.1, -0.05) is 35.9 Å². The molecule has 0 aliphatic rings. The van der Waals surface area contributed by atoms with Crippen molar-refractivity contribution < 1.29 is 4.79 Å². The predicted octanol–water partition coefficient (Wildman–Crippen LogP) is 3.78. The Bertz CT molecular complexity index is 769. The molecule has 0 saturated heterocycles. The number of nitrogens with zero attached hydrogens (tertiary/aromatic N) is 2. The highest BCUT2D eigenvalue weighted by atomic mass is 35.5. The Balaban J connectivity index is 1.94. The highest BCUT2D eigenvalue weighted by molar-refractivity contribution is 6.33. The van der Waals surface area contributed by atoms with Gasteiger partial charge >= 0.3 is 0 Å². The number of hydrogen-bond donors (Lipinski definition) is 1. The quantitative estimate of drug-likeness (QED) is 0.800. The number of halogens is 1. The molecule has 3 aromatic rings. The minimum absolute atomic E-state index is 0.228. The topological polar surface area (TPSA) is 46.9 Å². The predicted molar refractivity (Wildman–Crippen MR) is 83.0 cm³/mol. The molecular weight excluding hydrogens is 286 g/mol. The van der Waals surface area contributed by atoms with Gasteiger partial charge in [-0.15, -0.1) is 0 Å². The Morgan fingerprint density at radius 3 is 2.57 bits per heavy atom. The van der Waals surface area contributed by atoms with Crippen LogP contribution in [0.3, 0.4) is 0 Å². The van der Waals surface area contributed by atoms with Crippen molar-refractivity contribution in [3.63, 3.8) is 0 Å². The Kier molecular flexibility index (Phi) is 3.71. The van der Waals surface area contributed by atoms with Crippen LogP contribution in [0.5, 0.6) is 0 Å². The molecule has 1 aromatic heterocycles. The van der Waals surface area contributed by atoms with Gasteiger partial charge in [-0.25, -0.2) is 4.68 Å².